The second-order valence-corrected chi connectivity index (χ2v) is 9.60. The van der Waals surface area contributed by atoms with E-state index in [0.717, 1.165) is 17.2 Å². The molecule has 3 aliphatic rings. The van der Waals surface area contributed by atoms with Gasteiger partial charge in [0.15, 0.2) is 0 Å². The van der Waals surface area contributed by atoms with Gasteiger partial charge in [0.1, 0.15) is 17.5 Å². The van der Waals surface area contributed by atoms with Crippen LogP contribution in [0.2, 0.25) is 0 Å². The van der Waals surface area contributed by atoms with Crippen molar-refractivity contribution in [2.75, 3.05) is 36.5 Å². The number of aromatic nitrogens is 2. The number of imide groups is 1. The number of nitrogens with one attached hydrogen (secondary N) is 1. The molecule has 2 atom stereocenters. The molecule has 4 heterocycles. The number of amides is 4. The number of nitrogens with zero attached hydrogens (tertiary/aromatic N) is 5. The predicted molar refractivity (Wildman–Crippen MR) is 130 cm³/mol. The van der Waals surface area contributed by atoms with Crippen molar-refractivity contribution >= 4 is 29.5 Å². The van der Waals surface area contributed by atoms with E-state index in [2.05, 4.69) is 15.3 Å². The molecule has 4 amide bonds. The lowest BCUT2D eigenvalue weighted by Crippen LogP contribution is -2.51. The predicted octanol–water partition coefficient (Wildman–Crippen LogP) is 2.84. The number of rotatable bonds is 5. The molecule has 0 radical (unpaired) electrons. The smallest absolute Gasteiger partial charge is 0.433 e. The summed E-state index contributed by atoms with van der Waals surface area (Å²) in [5, 5.41) is 3.03. The number of ether oxygens (including phenoxy) is 1. The van der Waals surface area contributed by atoms with Crippen molar-refractivity contribution in [2.24, 2.45) is 5.92 Å². The first kappa shape index (κ1) is 25.7. The Morgan fingerprint density at radius 1 is 1.11 bits per heavy atom. The highest BCUT2D eigenvalue weighted by atomic mass is 19.4. The van der Waals surface area contributed by atoms with Crippen molar-refractivity contribution in [3.8, 4) is 5.75 Å². The van der Waals surface area contributed by atoms with Crippen molar-refractivity contribution in [3.05, 3.63) is 42.2 Å². The number of benzene rings is 1. The molecule has 3 fully saturated rings. The first-order chi connectivity index (χ1) is 18.2. The van der Waals surface area contributed by atoms with E-state index < -0.39 is 17.9 Å². The van der Waals surface area contributed by atoms with Crippen LogP contribution in [0, 0.1) is 5.92 Å². The van der Waals surface area contributed by atoms with E-state index in [1.165, 1.54) is 12.0 Å². The van der Waals surface area contributed by atoms with Crippen LogP contribution in [0.15, 0.2) is 36.5 Å². The van der Waals surface area contributed by atoms with Gasteiger partial charge >= 0.3 is 12.2 Å². The lowest BCUT2D eigenvalue weighted by Gasteiger charge is -2.35. The Balaban J connectivity index is 1.17. The van der Waals surface area contributed by atoms with Crippen LogP contribution >= 0.6 is 0 Å². The van der Waals surface area contributed by atoms with Crippen LogP contribution in [0.1, 0.15) is 31.4 Å². The van der Waals surface area contributed by atoms with Crippen LogP contribution in [0.3, 0.4) is 0 Å². The first-order valence-electron chi connectivity index (χ1n) is 12.4. The fraction of sp³-hybridized carbons (Fsp3) is 0.480. The molecule has 202 valence electrons. The summed E-state index contributed by atoms with van der Waals surface area (Å²) in [6, 6.07) is 6.25. The molecule has 2 aromatic rings. The molecule has 1 N–H and O–H groups in total. The summed E-state index contributed by atoms with van der Waals surface area (Å²) in [7, 11) is 1.51. The fourth-order valence-corrected chi connectivity index (χ4v) is 5.24. The highest BCUT2D eigenvalue weighted by Crippen LogP contribution is 2.33. The van der Waals surface area contributed by atoms with E-state index in [9.17, 15) is 27.6 Å². The molecule has 5 rings (SSSR count). The minimum absolute atomic E-state index is 0.00365. The highest BCUT2D eigenvalue weighted by Gasteiger charge is 2.49. The van der Waals surface area contributed by atoms with E-state index in [4.69, 9.17) is 4.74 Å². The van der Waals surface area contributed by atoms with E-state index in [-0.39, 0.29) is 35.8 Å². The lowest BCUT2D eigenvalue weighted by atomic mass is 9.93. The molecule has 0 bridgehead atoms. The second kappa shape index (κ2) is 10.1. The molecular formula is C25H27F3N6O4. The second-order valence-electron chi connectivity index (χ2n) is 9.60. The molecular weight excluding hydrogens is 505 g/mol. The molecule has 13 heteroatoms. The summed E-state index contributed by atoms with van der Waals surface area (Å²) < 4.78 is 44.1. The van der Waals surface area contributed by atoms with E-state index in [1.54, 1.807) is 29.2 Å². The van der Waals surface area contributed by atoms with Gasteiger partial charge in [-0.15, -0.1) is 0 Å². The monoisotopic (exact) mass is 532 g/mol. The van der Waals surface area contributed by atoms with Gasteiger partial charge in [-0.25, -0.2) is 19.7 Å². The van der Waals surface area contributed by atoms with Crippen molar-refractivity contribution in [2.45, 2.75) is 43.9 Å². The zero-order chi connectivity index (χ0) is 27.0. The Morgan fingerprint density at radius 2 is 1.87 bits per heavy atom. The zero-order valence-corrected chi connectivity index (χ0v) is 20.6. The number of methoxy groups -OCH3 is 1. The molecule has 2 unspecified atom stereocenters. The van der Waals surface area contributed by atoms with Crippen molar-refractivity contribution in [1.82, 2.24) is 20.2 Å². The molecule has 38 heavy (non-hydrogen) atoms. The molecule has 0 spiro atoms. The third-order valence-corrected chi connectivity index (χ3v) is 7.28. The first-order valence-corrected chi connectivity index (χ1v) is 12.4. The van der Waals surface area contributed by atoms with Gasteiger partial charge in [-0.3, -0.25) is 9.59 Å². The Labute approximate surface area is 216 Å². The maximum Gasteiger partial charge on any atom is 0.433 e. The van der Waals surface area contributed by atoms with Crippen molar-refractivity contribution in [1.29, 1.82) is 0 Å². The summed E-state index contributed by atoms with van der Waals surface area (Å²) in [6.07, 6.45) is -1.76. The number of urea groups is 1. The molecule has 0 saturated carbocycles. The van der Waals surface area contributed by atoms with Gasteiger partial charge < -0.3 is 19.9 Å². The molecule has 0 aliphatic carbocycles. The summed E-state index contributed by atoms with van der Waals surface area (Å²) in [4.78, 5) is 51.1. The fourth-order valence-electron chi connectivity index (χ4n) is 5.24. The number of piperidine rings is 2. The standard InChI is InChI=1S/C25H27F3N6O4/c1-38-18-4-2-3-17(14-18)34-22(36)19-13-16(8-12-33(19)24(34)37)30-21(35)15-6-10-32(11-7-15)23-29-9-5-20(31-23)25(26,27)28/h2-5,9,14-16,19H,6-8,10-13H2,1H3,(H,30,35). The topological polar surface area (TPSA) is 108 Å². The summed E-state index contributed by atoms with van der Waals surface area (Å²) in [5.41, 5.74) is -0.565. The zero-order valence-electron chi connectivity index (χ0n) is 20.6. The third kappa shape index (κ3) is 4.96. The van der Waals surface area contributed by atoms with Crippen molar-refractivity contribution < 1.29 is 32.3 Å². The van der Waals surface area contributed by atoms with Gasteiger partial charge in [0.05, 0.1) is 12.8 Å². The van der Waals surface area contributed by atoms with Gasteiger partial charge in [0.2, 0.25) is 11.9 Å². The number of hydrogen-bond donors (Lipinski definition) is 1. The van der Waals surface area contributed by atoms with Gasteiger partial charge in [0.25, 0.3) is 5.91 Å². The van der Waals surface area contributed by atoms with Crippen LogP contribution in [0.25, 0.3) is 0 Å². The Bertz CT molecular complexity index is 1230. The quantitative estimate of drug-likeness (QED) is 0.590. The Hall–Kier alpha value is -3.90. The number of anilines is 2. The minimum atomic E-state index is -4.55. The average Bonchev–Trinajstić information content (AvgIpc) is 3.17. The average molecular weight is 533 g/mol. The van der Waals surface area contributed by atoms with Gasteiger partial charge in [-0.1, -0.05) is 6.07 Å². The van der Waals surface area contributed by atoms with Crippen LogP contribution in [0.5, 0.6) is 5.75 Å². The number of alkyl halides is 3. The van der Waals surface area contributed by atoms with Gasteiger partial charge in [0, 0.05) is 43.9 Å². The SMILES string of the molecule is COc1cccc(N2C(=O)C3CC(NC(=O)C4CCN(c5nccc(C(F)(F)F)n5)CC4)CCN3C2=O)c1. The summed E-state index contributed by atoms with van der Waals surface area (Å²) >= 11 is 0. The van der Waals surface area contributed by atoms with Crippen LogP contribution in [0.4, 0.5) is 29.6 Å². The summed E-state index contributed by atoms with van der Waals surface area (Å²) in [6.45, 7) is 1.04. The number of carbonyl (C=O) groups is 3. The van der Waals surface area contributed by atoms with Gasteiger partial charge in [-0.2, -0.15) is 13.2 Å². The lowest BCUT2D eigenvalue weighted by molar-refractivity contribution is -0.141. The van der Waals surface area contributed by atoms with Gasteiger partial charge in [-0.05, 0) is 43.9 Å². The van der Waals surface area contributed by atoms with E-state index in [0.29, 0.717) is 56.8 Å². The number of halogens is 3. The molecule has 1 aromatic carbocycles. The largest absolute Gasteiger partial charge is 0.497 e. The van der Waals surface area contributed by atoms with Crippen molar-refractivity contribution in [3.63, 3.8) is 0 Å². The third-order valence-electron chi connectivity index (χ3n) is 7.28. The maximum absolute atomic E-state index is 13.2. The van der Waals surface area contributed by atoms with Crippen LogP contribution in [-0.2, 0) is 15.8 Å². The minimum Gasteiger partial charge on any atom is -0.497 e. The number of fused-ring (bicyclic) bond motifs is 1. The highest BCUT2D eigenvalue weighted by molar-refractivity contribution is 6.21. The number of carbonyl (C=O) groups excluding carboxylic acids is 3. The van der Waals surface area contributed by atoms with Crippen LogP contribution in [-0.4, -0.2) is 71.5 Å². The van der Waals surface area contributed by atoms with E-state index in [1.807, 2.05) is 0 Å². The number of hydrogen-bond acceptors (Lipinski definition) is 7. The molecule has 1 aromatic heterocycles. The Kier molecular flexibility index (Phi) is 6.84. The molecule has 3 saturated heterocycles. The molecule has 3 aliphatic heterocycles. The maximum atomic E-state index is 13.2. The Morgan fingerprint density at radius 3 is 2.58 bits per heavy atom. The summed E-state index contributed by atoms with van der Waals surface area (Å²) in [5.74, 6) is -0.282. The van der Waals surface area contributed by atoms with Crippen LogP contribution < -0.4 is 19.9 Å². The molecule has 10 nitrogen and oxygen atoms in total. The normalized spacial score (nSPS) is 22.5. The van der Waals surface area contributed by atoms with E-state index >= 15 is 0 Å².